The predicted molar refractivity (Wildman–Crippen MR) is 60.9 cm³/mol. The fourth-order valence-electron chi connectivity index (χ4n) is 2.07. The van der Waals surface area contributed by atoms with Gasteiger partial charge in [0.15, 0.2) is 0 Å². The summed E-state index contributed by atoms with van der Waals surface area (Å²) in [6.07, 6.45) is -2.52. The summed E-state index contributed by atoms with van der Waals surface area (Å²) in [5.41, 5.74) is 0. The van der Waals surface area contributed by atoms with Gasteiger partial charge in [0.05, 0.1) is 6.10 Å². The van der Waals surface area contributed by atoms with E-state index in [9.17, 15) is 13.2 Å². The van der Waals surface area contributed by atoms with Gasteiger partial charge in [-0.15, -0.1) is 0 Å². The minimum Gasteiger partial charge on any atom is -0.378 e. The van der Waals surface area contributed by atoms with Gasteiger partial charge in [0.1, 0.15) is 0 Å². The molecule has 0 aromatic rings. The van der Waals surface area contributed by atoms with E-state index < -0.39 is 12.6 Å². The van der Waals surface area contributed by atoms with Crippen molar-refractivity contribution in [1.29, 1.82) is 0 Å². The number of nitrogens with one attached hydrogen (secondary N) is 1. The Morgan fingerprint density at radius 1 is 1.35 bits per heavy atom. The summed E-state index contributed by atoms with van der Waals surface area (Å²) in [7, 11) is 0. The molecule has 2 nitrogen and oxygen atoms in total. The smallest absolute Gasteiger partial charge is 0.378 e. The Kier molecular flexibility index (Phi) is 5.73. The van der Waals surface area contributed by atoms with Gasteiger partial charge >= 0.3 is 6.18 Å². The van der Waals surface area contributed by atoms with Gasteiger partial charge in [-0.05, 0) is 31.7 Å². The third kappa shape index (κ3) is 6.27. The Morgan fingerprint density at radius 3 is 2.65 bits per heavy atom. The van der Waals surface area contributed by atoms with E-state index >= 15 is 0 Å². The van der Waals surface area contributed by atoms with Crippen LogP contribution in [0.5, 0.6) is 0 Å². The molecule has 2 atom stereocenters. The first-order valence-electron chi connectivity index (χ1n) is 6.30. The Morgan fingerprint density at radius 2 is 2.06 bits per heavy atom. The number of halogens is 3. The summed E-state index contributed by atoms with van der Waals surface area (Å²) in [5.74, 6) is 0.467. The van der Waals surface area contributed by atoms with Crippen LogP contribution in [0.15, 0.2) is 0 Å². The Hall–Kier alpha value is -0.290. The van der Waals surface area contributed by atoms with Crippen LogP contribution in [0.2, 0.25) is 0 Å². The molecule has 5 heteroatoms. The summed E-state index contributed by atoms with van der Waals surface area (Å²) in [5, 5.41) is 3.20. The molecule has 1 heterocycles. The van der Waals surface area contributed by atoms with Gasteiger partial charge < -0.3 is 10.1 Å². The van der Waals surface area contributed by atoms with E-state index in [1.807, 2.05) is 0 Å². The maximum atomic E-state index is 11.9. The first kappa shape index (κ1) is 14.8. The molecule has 17 heavy (non-hydrogen) atoms. The van der Waals surface area contributed by atoms with Gasteiger partial charge in [0.25, 0.3) is 0 Å². The van der Waals surface area contributed by atoms with E-state index in [4.69, 9.17) is 4.74 Å². The van der Waals surface area contributed by atoms with Gasteiger partial charge in [-0.2, -0.15) is 13.2 Å². The first-order valence-corrected chi connectivity index (χ1v) is 6.30. The first-order chi connectivity index (χ1) is 7.88. The number of ether oxygens (including phenoxy) is 1. The van der Waals surface area contributed by atoms with Crippen molar-refractivity contribution < 1.29 is 17.9 Å². The molecular formula is C12H22F3NO. The van der Waals surface area contributed by atoms with Crippen LogP contribution >= 0.6 is 0 Å². The maximum Gasteiger partial charge on any atom is 0.389 e. The average molecular weight is 253 g/mol. The molecule has 0 aliphatic carbocycles. The molecule has 0 bridgehead atoms. The highest BCUT2D eigenvalue weighted by Gasteiger charge is 2.27. The third-order valence-electron chi connectivity index (χ3n) is 3.13. The molecule has 0 aromatic carbocycles. The number of alkyl halides is 3. The molecular weight excluding hydrogens is 231 g/mol. The molecule has 0 saturated carbocycles. The monoisotopic (exact) mass is 253 g/mol. The Balaban J connectivity index is 2.15. The standard InChI is InChI=1S/C12H22F3NO/c1-9(2)11-8-10(4-7-17-11)16-6-3-5-12(13,14)15/h9-11,16H,3-8H2,1-2H3. The lowest BCUT2D eigenvalue weighted by molar-refractivity contribution is -0.135. The molecule has 2 unspecified atom stereocenters. The molecule has 0 radical (unpaired) electrons. The largest absolute Gasteiger partial charge is 0.389 e. The topological polar surface area (TPSA) is 21.3 Å². The zero-order valence-corrected chi connectivity index (χ0v) is 10.5. The highest BCUT2D eigenvalue weighted by Crippen LogP contribution is 2.22. The second-order valence-corrected chi connectivity index (χ2v) is 5.05. The van der Waals surface area contributed by atoms with E-state index in [2.05, 4.69) is 19.2 Å². The molecule has 1 saturated heterocycles. The lowest BCUT2D eigenvalue weighted by Gasteiger charge is -2.32. The molecule has 1 N–H and O–H groups in total. The van der Waals surface area contributed by atoms with Crippen LogP contribution in [0.25, 0.3) is 0 Å². The van der Waals surface area contributed by atoms with E-state index in [0.717, 1.165) is 12.8 Å². The van der Waals surface area contributed by atoms with Gasteiger partial charge in [-0.3, -0.25) is 0 Å². The quantitative estimate of drug-likeness (QED) is 0.760. The molecule has 0 spiro atoms. The van der Waals surface area contributed by atoms with Crippen LogP contribution in [-0.4, -0.2) is 31.5 Å². The van der Waals surface area contributed by atoms with Crippen LogP contribution in [-0.2, 0) is 4.74 Å². The van der Waals surface area contributed by atoms with Crippen molar-refractivity contribution in [2.24, 2.45) is 5.92 Å². The van der Waals surface area contributed by atoms with Crippen LogP contribution < -0.4 is 5.32 Å². The normalized spacial score (nSPS) is 26.5. The Bertz CT molecular complexity index is 218. The second kappa shape index (κ2) is 6.59. The molecule has 1 aliphatic rings. The highest BCUT2D eigenvalue weighted by molar-refractivity contribution is 4.78. The number of hydrogen-bond donors (Lipinski definition) is 1. The van der Waals surface area contributed by atoms with Gasteiger partial charge in [0, 0.05) is 19.1 Å². The summed E-state index contributed by atoms with van der Waals surface area (Å²) in [6.45, 7) is 5.36. The fourth-order valence-corrected chi connectivity index (χ4v) is 2.07. The molecule has 1 rings (SSSR count). The van der Waals surface area contributed by atoms with Crippen molar-refractivity contribution in [2.75, 3.05) is 13.2 Å². The molecule has 0 aromatic heterocycles. The summed E-state index contributed by atoms with van der Waals surface area (Å²) < 4.78 is 41.4. The lowest BCUT2D eigenvalue weighted by Crippen LogP contribution is -2.41. The predicted octanol–water partition coefficient (Wildman–Crippen LogP) is 3.12. The fraction of sp³-hybridized carbons (Fsp3) is 1.00. The van der Waals surface area contributed by atoms with E-state index in [1.54, 1.807) is 0 Å². The van der Waals surface area contributed by atoms with Gasteiger partial charge in [-0.1, -0.05) is 13.8 Å². The second-order valence-electron chi connectivity index (χ2n) is 5.05. The number of rotatable bonds is 5. The van der Waals surface area contributed by atoms with Crippen LogP contribution in [0.3, 0.4) is 0 Å². The molecule has 1 fully saturated rings. The highest BCUT2D eigenvalue weighted by atomic mass is 19.4. The van der Waals surface area contributed by atoms with Crippen LogP contribution in [0.1, 0.15) is 39.5 Å². The SMILES string of the molecule is CC(C)C1CC(NCCCC(F)(F)F)CCO1. The van der Waals surface area contributed by atoms with Gasteiger partial charge in [0.2, 0.25) is 0 Å². The van der Waals surface area contributed by atoms with Gasteiger partial charge in [-0.25, -0.2) is 0 Å². The lowest BCUT2D eigenvalue weighted by atomic mass is 9.95. The van der Waals surface area contributed by atoms with Crippen molar-refractivity contribution in [3.8, 4) is 0 Å². The van der Waals surface area contributed by atoms with E-state index in [0.29, 0.717) is 25.1 Å². The summed E-state index contributed by atoms with van der Waals surface area (Å²) in [6, 6.07) is 0.310. The van der Waals surface area contributed by atoms with Crippen molar-refractivity contribution in [1.82, 2.24) is 5.32 Å². The van der Waals surface area contributed by atoms with Crippen LogP contribution in [0.4, 0.5) is 13.2 Å². The van der Waals surface area contributed by atoms with Crippen LogP contribution in [0, 0.1) is 5.92 Å². The molecule has 0 amide bonds. The minimum absolute atomic E-state index is 0.160. The van der Waals surface area contributed by atoms with E-state index in [1.165, 1.54) is 0 Å². The van der Waals surface area contributed by atoms with E-state index in [-0.39, 0.29) is 12.5 Å². The zero-order valence-electron chi connectivity index (χ0n) is 10.5. The molecule has 102 valence electrons. The maximum absolute atomic E-state index is 11.9. The van der Waals surface area contributed by atoms with Crippen molar-refractivity contribution in [3.63, 3.8) is 0 Å². The molecule has 1 aliphatic heterocycles. The van der Waals surface area contributed by atoms with Crippen molar-refractivity contribution in [3.05, 3.63) is 0 Å². The third-order valence-corrected chi connectivity index (χ3v) is 3.13. The average Bonchev–Trinajstić information content (AvgIpc) is 2.23. The minimum atomic E-state index is -4.03. The Labute approximate surface area is 101 Å². The van der Waals surface area contributed by atoms with Crippen molar-refractivity contribution in [2.45, 2.75) is 57.9 Å². The summed E-state index contributed by atoms with van der Waals surface area (Å²) >= 11 is 0. The number of hydrogen-bond acceptors (Lipinski definition) is 2. The van der Waals surface area contributed by atoms with Crippen molar-refractivity contribution >= 4 is 0 Å². The zero-order chi connectivity index (χ0) is 12.9. The summed E-state index contributed by atoms with van der Waals surface area (Å²) in [4.78, 5) is 0.